The second-order valence-electron chi connectivity index (χ2n) is 6.46. The largest absolute Gasteiger partial charge is 0.385 e. The first-order valence-corrected chi connectivity index (χ1v) is 6.92. The summed E-state index contributed by atoms with van der Waals surface area (Å²) < 4.78 is 5.15. The van der Waals surface area contributed by atoms with Crippen LogP contribution >= 0.6 is 0 Å². The summed E-state index contributed by atoms with van der Waals surface area (Å²) in [5, 5.41) is 7.26. The Hall–Kier alpha value is -0.120. The zero-order valence-electron chi connectivity index (χ0n) is 12.1. The number of ether oxygens (including phenoxy) is 1. The van der Waals surface area contributed by atoms with Gasteiger partial charge in [0.05, 0.1) is 0 Å². The first-order chi connectivity index (χ1) is 7.97. The van der Waals surface area contributed by atoms with E-state index < -0.39 is 0 Å². The average molecular weight is 242 g/mol. The highest BCUT2D eigenvalue weighted by atomic mass is 16.5. The van der Waals surface area contributed by atoms with Gasteiger partial charge in [-0.25, -0.2) is 0 Å². The fourth-order valence-corrected chi connectivity index (χ4v) is 2.41. The third kappa shape index (κ3) is 5.84. The minimum absolute atomic E-state index is 0.301. The van der Waals surface area contributed by atoms with Crippen LogP contribution in [0.5, 0.6) is 0 Å². The summed E-state index contributed by atoms with van der Waals surface area (Å²) >= 11 is 0. The average Bonchev–Trinajstić information content (AvgIpc) is 2.27. The molecule has 0 radical (unpaired) electrons. The molecule has 17 heavy (non-hydrogen) atoms. The summed E-state index contributed by atoms with van der Waals surface area (Å²) in [7, 11) is 1.77. The van der Waals surface area contributed by atoms with Gasteiger partial charge < -0.3 is 15.4 Å². The van der Waals surface area contributed by atoms with Crippen LogP contribution in [0.2, 0.25) is 0 Å². The zero-order valence-corrected chi connectivity index (χ0v) is 12.1. The van der Waals surface area contributed by atoms with Crippen molar-refractivity contribution < 1.29 is 4.74 Å². The van der Waals surface area contributed by atoms with Gasteiger partial charge in [0, 0.05) is 32.3 Å². The molecule has 1 atom stereocenters. The lowest BCUT2D eigenvalue weighted by Crippen LogP contribution is -2.53. The van der Waals surface area contributed by atoms with Crippen molar-refractivity contribution in [2.24, 2.45) is 5.41 Å². The van der Waals surface area contributed by atoms with Gasteiger partial charge in [0.2, 0.25) is 0 Å². The van der Waals surface area contributed by atoms with Crippen molar-refractivity contribution in [3.05, 3.63) is 0 Å². The van der Waals surface area contributed by atoms with Crippen LogP contribution in [0.4, 0.5) is 0 Å². The number of methoxy groups -OCH3 is 1. The van der Waals surface area contributed by atoms with Crippen molar-refractivity contribution in [2.45, 2.75) is 52.0 Å². The minimum atomic E-state index is 0.301. The van der Waals surface area contributed by atoms with Crippen LogP contribution in [0.25, 0.3) is 0 Å². The van der Waals surface area contributed by atoms with Gasteiger partial charge in [-0.2, -0.15) is 0 Å². The highest BCUT2D eigenvalue weighted by molar-refractivity contribution is 4.89. The number of nitrogens with one attached hydrogen (secondary N) is 2. The van der Waals surface area contributed by atoms with Gasteiger partial charge in [-0.3, -0.25) is 0 Å². The van der Waals surface area contributed by atoms with Gasteiger partial charge in [-0.1, -0.05) is 20.3 Å². The monoisotopic (exact) mass is 242 g/mol. The number of hydrogen-bond acceptors (Lipinski definition) is 3. The van der Waals surface area contributed by atoms with E-state index in [1.807, 2.05) is 0 Å². The van der Waals surface area contributed by atoms with E-state index in [4.69, 9.17) is 4.74 Å². The van der Waals surface area contributed by atoms with Gasteiger partial charge in [-0.05, 0) is 38.1 Å². The van der Waals surface area contributed by atoms with E-state index in [0.29, 0.717) is 11.0 Å². The van der Waals surface area contributed by atoms with Crippen molar-refractivity contribution >= 4 is 0 Å². The Balaban J connectivity index is 2.21. The Morgan fingerprint density at radius 1 is 1.35 bits per heavy atom. The molecule has 0 bridgehead atoms. The third-order valence-corrected chi connectivity index (χ3v) is 3.81. The topological polar surface area (TPSA) is 33.3 Å². The number of piperidine rings is 1. The maximum atomic E-state index is 5.15. The Morgan fingerprint density at radius 3 is 2.71 bits per heavy atom. The van der Waals surface area contributed by atoms with Crippen molar-refractivity contribution in [3.8, 4) is 0 Å². The lowest BCUT2D eigenvalue weighted by atomic mass is 9.88. The summed E-state index contributed by atoms with van der Waals surface area (Å²) in [6, 6.07) is 0. The van der Waals surface area contributed by atoms with E-state index >= 15 is 0 Å². The Labute approximate surface area is 107 Å². The fourth-order valence-electron chi connectivity index (χ4n) is 2.41. The van der Waals surface area contributed by atoms with Crippen LogP contribution in [-0.2, 0) is 4.74 Å². The molecule has 1 heterocycles. The number of hydrogen-bond donors (Lipinski definition) is 2. The molecule has 1 aliphatic rings. The maximum absolute atomic E-state index is 5.15. The quantitative estimate of drug-likeness (QED) is 0.718. The molecule has 1 aliphatic heterocycles. The van der Waals surface area contributed by atoms with E-state index in [2.05, 4.69) is 31.4 Å². The molecule has 2 N–H and O–H groups in total. The van der Waals surface area contributed by atoms with Crippen LogP contribution < -0.4 is 10.6 Å². The van der Waals surface area contributed by atoms with Crippen LogP contribution in [0.15, 0.2) is 0 Å². The molecule has 0 aliphatic carbocycles. The van der Waals surface area contributed by atoms with E-state index in [-0.39, 0.29) is 0 Å². The molecule has 0 spiro atoms. The minimum Gasteiger partial charge on any atom is -0.385 e. The van der Waals surface area contributed by atoms with Crippen LogP contribution in [0.3, 0.4) is 0 Å². The molecule has 0 aromatic carbocycles. The van der Waals surface area contributed by atoms with Crippen molar-refractivity contribution in [2.75, 3.05) is 33.4 Å². The van der Waals surface area contributed by atoms with Gasteiger partial charge >= 0.3 is 0 Å². The molecule has 1 rings (SSSR count). The molecule has 3 nitrogen and oxygen atoms in total. The SMILES string of the molecule is COCCC(C)(C)CNCC1(C)CCCCN1. The summed E-state index contributed by atoms with van der Waals surface area (Å²) in [5.74, 6) is 0. The lowest BCUT2D eigenvalue weighted by Gasteiger charge is -2.36. The first-order valence-electron chi connectivity index (χ1n) is 6.92. The van der Waals surface area contributed by atoms with E-state index in [1.54, 1.807) is 7.11 Å². The Morgan fingerprint density at radius 2 is 2.12 bits per heavy atom. The summed E-state index contributed by atoms with van der Waals surface area (Å²) in [6.45, 7) is 11.1. The molecule has 0 aromatic heterocycles. The molecule has 3 heteroatoms. The van der Waals surface area contributed by atoms with Gasteiger partial charge in [0.15, 0.2) is 0 Å². The maximum Gasteiger partial charge on any atom is 0.0467 e. The van der Waals surface area contributed by atoms with E-state index in [1.165, 1.54) is 25.8 Å². The van der Waals surface area contributed by atoms with Crippen molar-refractivity contribution in [1.29, 1.82) is 0 Å². The summed E-state index contributed by atoms with van der Waals surface area (Å²) in [5.41, 5.74) is 0.622. The number of rotatable bonds is 7. The standard InChI is InChI=1S/C14H30N2O/c1-13(2,8-10-17-4)11-15-12-14(3)7-5-6-9-16-14/h15-16H,5-12H2,1-4H3. The molecular weight excluding hydrogens is 212 g/mol. The zero-order chi connectivity index (χ0) is 12.8. The van der Waals surface area contributed by atoms with Crippen LogP contribution in [0, 0.1) is 5.41 Å². The molecule has 102 valence electrons. The molecule has 1 unspecified atom stereocenters. The van der Waals surface area contributed by atoms with Crippen LogP contribution in [0.1, 0.15) is 46.5 Å². The second kappa shape index (κ2) is 6.72. The second-order valence-corrected chi connectivity index (χ2v) is 6.46. The Kier molecular flexibility index (Phi) is 5.90. The van der Waals surface area contributed by atoms with Crippen LogP contribution in [-0.4, -0.2) is 38.9 Å². The van der Waals surface area contributed by atoms with E-state index in [0.717, 1.165) is 26.1 Å². The summed E-state index contributed by atoms with van der Waals surface area (Å²) in [4.78, 5) is 0. The molecule has 0 saturated carbocycles. The smallest absolute Gasteiger partial charge is 0.0467 e. The normalized spacial score (nSPS) is 26.1. The first kappa shape index (κ1) is 14.9. The van der Waals surface area contributed by atoms with Crippen molar-refractivity contribution in [1.82, 2.24) is 10.6 Å². The molecule has 1 saturated heterocycles. The third-order valence-electron chi connectivity index (χ3n) is 3.81. The summed E-state index contributed by atoms with van der Waals surface area (Å²) in [6.07, 6.45) is 5.09. The van der Waals surface area contributed by atoms with Gasteiger partial charge in [0.1, 0.15) is 0 Å². The molecule has 0 amide bonds. The Bertz CT molecular complexity index is 210. The molecule has 1 fully saturated rings. The lowest BCUT2D eigenvalue weighted by molar-refractivity contribution is 0.148. The fraction of sp³-hybridized carbons (Fsp3) is 1.00. The molecule has 0 aromatic rings. The predicted octanol–water partition coefficient (Wildman–Crippen LogP) is 2.17. The van der Waals surface area contributed by atoms with Gasteiger partial charge in [-0.15, -0.1) is 0 Å². The highest BCUT2D eigenvalue weighted by Gasteiger charge is 2.26. The predicted molar refractivity (Wildman–Crippen MR) is 73.4 cm³/mol. The molecular formula is C14H30N2O. The highest BCUT2D eigenvalue weighted by Crippen LogP contribution is 2.21. The van der Waals surface area contributed by atoms with Gasteiger partial charge in [0.25, 0.3) is 0 Å². The van der Waals surface area contributed by atoms with E-state index in [9.17, 15) is 0 Å². The van der Waals surface area contributed by atoms with Crippen molar-refractivity contribution in [3.63, 3.8) is 0 Å².